The van der Waals surface area contributed by atoms with Crippen LogP contribution in [0.25, 0.3) is 0 Å². The smallest absolute Gasteiger partial charge is 0.277 e. The van der Waals surface area contributed by atoms with Gasteiger partial charge in [0.05, 0.1) is 11.8 Å². The Hall–Kier alpha value is -1.08. The second-order valence-electron chi connectivity index (χ2n) is 4.37. The van der Waals surface area contributed by atoms with Crippen molar-refractivity contribution in [2.45, 2.75) is 24.6 Å². The van der Waals surface area contributed by atoms with Crippen LogP contribution in [0.1, 0.15) is 25.3 Å². The molecule has 6 nitrogen and oxygen atoms in total. The highest BCUT2D eigenvalue weighted by Gasteiger charge is 2.19. The van der Waals surface area contributed by atoms with Gasteiger partial charge in [-0.3, -0.25) is 9.69 Å². The maximum atomic E-state index is 11.4. The van der Waals surface area contributed by atoms with Crippen LogP contribution < -0.4 is 0 Å². The van der Waals surface area contributed by atoms with E-state index < -0.39 is 0 Å². The predicted molar refractivity (Wildman–Crippen MR) is 70.4 cm³/mol. The fourth-order valence-electron chi connectivity index (χ4n) is 1.43. The molecule has 0 saturated heterocycles. The Labute approximate surface area is 112 Å². The average molecular weight is 272 g/mol. The molecule has 0 fully saturated rings. The fourth-order valence-corrected chi connectivity index (χ4v) is 2.17. The number of carbonyl (C=O) groups is 1. The lowest BCUT2D eigenvalue weighted by Gasteiger charge is -2.18. The van der Waals surface area contributed by atoms with E-state index in [-0.39, 0.29) is 11.9 Å². The SMILES string of the molecule is CCC(c1nnc(SCC(=O)N(C)C)o1)N(C)C. The summed E-state index contributed by atoms with van der Waals surface area (Å²) < 4.78 is 5.56. The van der Waals surface area contributed by atoms with Crippen molar-refractivity contribution in [2.75, 3.05) is 33.9 Å². The second-order valence-corrected chi connectivity index (χ2v) is 5.30. The molecule has 0 N–H and O–H groups in total. The van der Waals surface area contributed by atoms with Crippen LogP contribution in [-0.4, -0.2) is 59.8 Å². The minimum Gasteiger partial charge on any atom is -0.414 e. The van der Waals surface area contributed by atoms with Crippen molar-refractivity contribution < 1.29 is 9.21 Å². The van der Waals surface area contributed by atoms with Gasteiger partial charge in [-0.15, -0.1) is 10.2 Å². The molecule has 1 unspecified atom stereocenters. The van der Waals surface area contributed by atoms with Crippen LogP contribution in [0.2, 0.25) is 0 Å². The van der Waals surface area contributed by atoms with Gasteiger partial charge >= 0.3 is 0 Å². The van der Waals surface area contributed by atoms with Gasteiger partial charge in [0.15, 0.2) is 0 Å². The Morgan fingerprint density at radius 3 is 2.50 bits per heavy atom. The summed E-state index contributed by atoms with van der Waals surface area (Å²) in [6, 6.07) is 0.122. The van der Waals surface area contributed by atoms with Gasteiger partial charge in [-0.1, -0.05) is 18.7 Å². The standard InChI is InChI=1S/C11H20N4O2S/c1-6-8(14(2)3)10-12-13-11(17-10)18-7-9(16)15(4)5/h8H,6-7H2,1-5H3. The van der Waals surface area contributed by atoms with Gasteiger partial charge in [0.1, 0.15) is 0 Å². The summed E-state index contributed by atoms with van der Waals surface area (Å²) >= 11 is 1.27. The lowest BCUT2D eigenvalue weighted by molar-refractivity contribution is -0.125. The van der Waals surface area contributed by atoms with Gasteiger partial charge in [0.2, 0.25) is 11.8 Å². The first kappa shape index (κ1) is 15.0. The van der Waals surface area contributed by atoms with E-state index in [9.17, 15) is 4.79 Å². The lowest BCUT2D eigenvalue weighted by Crippen LogP contribution is -2.23. The molecule has 0 radical (unpaired) electrons. The Morgan fingerprint density at radius 1 is 1.33 bits per heavy atom. The highest BCUT2D eigenvalue weighted by atomic mass is 32.2. The number of carbonyl (C=O) groups excluding carboxylic acids is 1. The number of thioether (sulfide) groups is 1. The van der Waals surface area contributed by atoms with Gasteiger partial charge in [-0.25, -0.2) is 0 Å². The first-order valence-electron chi connectivity index (χ1n) is 5.78. The van der Waals surface area contributed by atoms with Crippen molar-refractivity contribution >= 4 is 17.7 Å². The second kappa shape index (κ2) is 6.75. The van der Waals surface area contributed by atoms with E-state index >= 15 is 0 Å². The maximum absolute atomic E-state index is 11.4. The number of nitrogens with zero attached hydrogens (tertiary/aromatic N) is 4. The average Bonchev–Trinajstić information content (AvgIpc) is 2.74. The number of aromatic nitrogens is 2. The first-order chi connectivity index (χ1) is 8.45. The molecule has 1 rings (SSSR count). The summed E-state index contributed by atoms with van der Waals surface area (Å²) in [4.78, 5) is 15.0. The van der Waals surface area contributed by atoms with Gasteiger partial charge in [-0.05, 0) is 20.5 Å². The van der Waals surface area contributed by atoms with Crippen LogP contribution in [0.3, 0.4) is 0 Å². The van der Waals surface area contributed by atoms with Crippen molar-refractivity contribution in [3.63, 3.8) is 0 Å². The summed E-state index contributed by atoms with van der Waals surface area (Å²) in [7, 11) is 7.39. The number of amides is 1. The molecule has 0 aromatic carbocycles. The molecule has 0 aliphatic carbocycles. The molecule has 1 amide bonds. The lowest BCUT2D eigenvalue weighted by atomic mass is 10.2. The maximum Gasteiger partial charge on any atom is 0.277 e. The van der Waals surface area contributed by atoms with Crippen LogP contribution in [-0.2, 0) is 4.79 Å². The molecule has 0 bridgehead atoms. The molecule has 102 valence electrons. The number of hydrogen-bond acceptors (Lipinski definition) is 6. The van der Waals surface area contributed by atoms with Crippen LogP contribution in [0.5, 0.6) is 0 Å². The summed E-state index contributed by atoms with van der Waals surface area (Å²) in [6.07, 6.45) is 0.899. The normalized spacial score (nSPS) is 12.8. The molecule has 1 aromatic heterocycles. The van der Waals surface area contributed by atoms with E-state index in [4.69, 9.17) is 4.42 Å². The van der Waals surface area contributed by atoms with E-state index in [2.05, 4.69) is 17.1 Å². The highest BCUT2D eigenvalue weighted by Crippen LogP contribution is 2.24. The Kier molecular flexibility index (Phi) is 5.61. The molecule has 7 heteroatoms. The largest absolute Gasteiger partial charge is 0.414 e. The van der Waals surface area contributed by atoms with E-state index in [1.165, 1.54) is 11.8 Å². The third-order valence-corrected chi connectivity index (χ3v) is 3.34. The Morgan fingerprint density at radius 2 is 2.00 bits per heavy atom. The van der Waals surface area contributed by atoms with Gasteiger partial charge < -0.3 is 9.32 Å². The van der Waals surface area contributed by atoms with Crippen molar-refractivity contribution in [3.8, 4) is 0 Å². The van der Waals surface area contributed by atoms with Crippen molar-refractivity contribution in [1.82, 2.24) is 20.0 Å². The van der Waals surface area contributed by atoms with Gasteiger partial charge in [0.25, 0.3) is 5.22 Å². The quantitative estimate of drug-likeness (QED) is 0.727. The number of rotatable bonds is 6. The summed E-state index contributed by atoms with van der Waals surface area (Å²) in [5, 5.41) is 8.42. The van der Waals surface area contributed by atoms with E-state index in [0.717, 1.165) is 6.42 Å². The molecule has 0 aliphatic rings. The Bertz CT molecular complexity index is 392. The molecular weight excluding hydrogens is 252 g/mol. The molecule has 1 heterocycles. The molecule has 1 aromatic rings. The Balaban J connectivity index is 2.60. The van der Waals surface area contributed by atoms with E-state index in [1.807, 2.05) is 19.0 Å². The summed E-state index contributed by atoms with van der Waals surface area (Å²) in [5.41, 5.74) is 0. The molecule has 18 heavy (non-hydrogen) atoms. The molecular formula is C11H20N4O2S. The van der Waals surface area contributed by atoms with Crippen LogP contribution >= 0.6 is 11.8 Å². The summed E-state index contributed by atoms with van der Waals surface area (Å²) in [5.74, 6) is 0.939. The minimum atomic E-state index is 0.0272. The third kappa shape index (κ3) is 3.99. The van der Waals surface area contributed by atoms with Crippen LogP contribution in [0.4, 0.5) is 0 Å². The van der Waals surface area contributed by atoms with Crippen molar-refractivity contribution in [1.29, 1.82) is 0 Å². The number of hydrogen-bond donors (Lipinski definition) is 0. The fraction of sp³-hybridized carbons (Fsp3) is 0.727. The first-order valence-corrected chi connectivity index (χ1v) is 6.77. The van der Waals surface area contributed by atoms with E-state index in [1.54, 1.807) is 19.0 Å². The third-order valence-electron chi connectivity index (χ3n) is 2.54. The predicted octanol–water partition coefficient (Wildman–Crippen LogP) is 1.26. The zero-order valence-corrected chi connectivity index (χ0v) is 12.3. The molecule has 0 saturated carbocycles. The van der Waals surface area contributed by atoms with Crippen LogP contribution in [0.15, 0.2) is 9.64 Å². The highest BCUT2D eigenvalue weighted by molar-refractivity contribution is 7.99. The zero-order valence-electron chi connectivity index (χ0n) is 11.5. The molecule has 0 aliphatic heterocycles. The zero-order chi connectivity index (χ0) is 13.7. The molecule has 1 atom stereocenters. The summed E-state index contributed by atoms with van der Waals surface area (Å²) in [6.45, 7) is 2.07. The van der Waals surface area contributed by atoms with Crippen LogP contribution in [0, 0.1) is 0 Å². The topological polar surface area (TPSA) is 62.5 Å². The monoisotopic (exact) mass is 272 g/mol. The minimum absolute atomic E-state index is 0.0272. The molecule has 0 spiro atoms. The van der Waals surface area contributed by atoms with Crippen molar-refractivity contribution in [3.05, 3.63) is 5.89 Å². The van der Waals surface area contributed by atoms with Gasteiger partial charge in [-0.2, -0.15) is 0 Å². The van der Waals surface area contributed by atoms with Crippen molar-refractivity contribution in [2.24, 2.45) is 0 Å². The van der Waals surface area contributed by atoms with E-state index in [0.29, 0.717) is 16.9 Å². The van der Waals surface area contributed by atoms with Gasteiger partial charge in [0, 0.05) is 14.1 Å².